The maximum atomic E-state index is 10.4. The van der Waals surface area contributed by atoms with E-state index >= 15 is 0 Å². The third kappa shape index (κ3) is 2.95. The molecule has 0 heterocycles. The molecule has 1 amide bonds. The number of amides is 1. The van der Waals surface area contributed by atoms with Gasteiger partial charge in [-0.1, -0.05) is 11.6 Å². The highest BCUT2D eigenvalue weighted by Gasteiger charge is 1.99. The fourth-order valence-corrected chi connectivity index (χ4v) is 0.979. The summed E-state index contributed by atoms with van der Waals surface area (Å²) in [6, 6.07) is 5.16. The van der Waals surface area contributed by atoms with Crippen LogP contribution in [-0.2, 0) is 4.79 Å². The number of nitrogens with two attached hydrogens (primary N) is 1. The van der Waals surface area contributed by atoms with Gasteiger partial charge in [-0.3, -0.25) is 4.79 Å². The predicted molar refractivity (Wildman–Crippen MR) is 50.9 cm³/mol. The van der Waals surface area contributed by atoms with Gasteiger partial charge in [0.15, 0.2) is 6.61 Å². The Morgan fingerprint density at radius 3 is 2.85 bits per heavy atom. The lowest BCUT2D eigenvalue weighted by molar-refractivity contribution is -0.119. The Morgan fingerprint density at radius 2 is 2.31 bits per heavy atom. The van der Waals surface area contributed by atoms with Gasteiger partial charge in [0.2, 0.25) is 0 Å². The first kappa shape index (κ1) is 9.86. The molecule has 0 bridgehead atoms. The molecule has 0 spiro atoms. The third-order valence-corrected chi connectivity index (χ3v) is 1.93. The molecule has 0 atom stereocenters. The fraction of sp³-hybridized carbons (Fsp3) is 0.222. The van der Waals surface area contributed by atoms with E-state index in [1.807, 2.05) is 6.92 Å². The monoisotopic (exact) mass is 199 g/mol. The standard InChI is InChI=1S/C9H10ClNO2/c1-6-4-7(2-3-8(6)10)13-5-9(11)12/h2-4H,5H2,1H3,(H2,11,12). The van der Waals surface area contributed by atoms with Gasteiger partial charge in [-0.2, -0.15) is 0 Å². The summed E-state index contributed by atoms with van der Waals surface area (Å²) in [4.78, 5) is 10.4. The Labute approximate surface area is 81.4 Å². The highest BCUT2D eigenvalue weighted by atomic mass is 35.5. The maximum absolute atomic E-state index is 10.4. The number of primary amides is 1. The summed E-state index contributed by atoms with van der Waals surface area (Å²) in [6.07, 6.45) is 0. The second-order valence-corrected chi connectivity index (χ2v) is 3.07. The van der Waals surface area contributed by atoms with E-state index in [1.165, 1.54) is 0 Å². The summed E-state index contributed by atoms with van der Waals surface area (Å²) in [6.45, 7) is 1.75. The first-order valence-electron chi connectivity index (χ1n) is 3.77. The zero-order valence-corrected chi connectivity index (χ0v) is 7.97. The highest BCUT2D eigenvalue weighted by molar-refractivity contribution is 6.31. The Morgan fingerprint density at radius 1 is 1.62 bits per heavy atom. The van der Waals surface area contributed by atoms with Crippen LogP contribution in [0.2, 0.25) is 5.02 Å². The summed E-state index contributed by atoms with van der Waals surface area (Å²) < 4.78 is 5.07. The van der Waals surface area contributed by atoms with Crippen LogP contribution in [0.4, 0.5) is 0 Å². The van der Waals surface area contributed by atoms with Crippen LogP contribution in [0.3, 0.4) is 0 Å². The molecule has 13 heavy (non-hydrogen) atoms. The third-order valence-electron chi connectivity index (χ3n) is 1.51. The van der Waals surface area contributed by atoms with Crippen molar-refractivity contribution in [1.82, 2.24) is 0 Å². The van der Waals surface area contributed by atoms with E-state index in [4.69, 9.17) is 22.1 Å². The van der Waals surface area contributed by atoms with Crippen molar-refractivity contribution in [2.24, 2.45) is 5.73 Å². The van der Waals surface area contributed by atoms with Crippen molar-refractivity contribution in [1.29, 1.82) is 0 Å². The molecule has 2 N–H and O–H groups in total. The van der Waals surface area contributed by atoms with Gasteiger partial charge in [0, 0.05) is 5.02 Å². The molecular formula is C9H10ClNO2. The molecule has 1 aromatic rings. The molecular weight excluding hydrogens is 190 g/mol. The predicted octanol–water partition coefficient (Wildman–Crippen LogP) is 1.51. The molecule has 0 radical (unpaired) electrons. The Balaban J connectivity index is 2.68. The van der Waals surface area contributed by atoms with E-state index < -0.39 is 5.91 Å². The van der Waals surface area contributed by atoms with E-state index in [9.17, 15) is 4.79 Å². The largest absolute Gasteiger partial charge is 0.484 e. The molecule has 70 valence electrons. The van der Waals surface area contributed by atoms with Crippen molar-refractivity contribution in [2.45, 2.75) is 6.92 Å². The Kier molecular flexibility index (Phi) is 3.14. The number of ether oxygens (including phenoxy) is 1. The van der Waals surface area contributed by atoms with Gasteiger partial charge >= 0.3 is 0 Å². The average molecular weight is 200 g/mol. The van der Waals surface area contributed by atoms with E-state index in [2.05, 4.69) is 0 Å². The number of carbonyl (C=O) groups is 1. The normalized spacial score (nSPS) is 9.69. The second kappa shape index (κ2) is 4.14. The summed E-state index contributed by atoms with van der Waals surface area (Å²) in [5, 5.41) is 0.673. The van der Waals surface area contributed by atoms with Crippen LogP contribution in [0.1, 0.15) is 5.56 Å². The van der Waals surface area contributed by atoms with Crippen LogP contribution < -0.4 is 10.5 Å². The van der Waals surface area contributed by atoms with Gasteiger partial charge in [-0.05, 0) is 30.7 Å². The lowest BCUT2D eigenvalue weighted by atomic mass is 10.2. The first-order chi connectivity index (χ1) is 6.09. The number of halogens is 1. The molecule has 4 heteroatoms. The molecule has 0 saturated carbocycles. The number of benzene rings is 1. The first-order valence-corrected chi connectivity index (χ1v) is 4.14. The van der Waals surface area contributed by atoms with E-state index in [0.717, 1.165) is 5.56 Å². The summed E-state index contributed by atoms with van der Waals surface area (Å²) in [5.41, 5.74) is 5.82. The maximum Gasteiger partial charge on any atom is 0.255 e. The average Bonchev–Trinajstić information content (AvgIpc) is 2.07. The molecule has 0 aliphatic rings. The lowest BCUT2D eigenvalue weighted by Crippen LogP contribution is -2.20. The van der Waals surface area contributed by atoms with Crippen LogP contribution >= 0.6 is 11.6 Å². The molecule has 0 aliphatic heterocycles. The van der Waals surface area contributed by atoms with Gasteiger partial charge in [0.25, 0.3) is 5.91 Å². The molecule has 0 unspecified atom stereocenters. The summed E-state index contributed by atoms with van der Waals surface area (Å²) in [5.74, 6) is 0.105. The van der Waals surface area contributed by atoms with Crippen LogP contribution in [-0.4, -0.2) is 12.5 Å². The molecule has 1 aromatic carbocycles. The van der Waals surface area contributed by atoms with Crippen molar-refractivity contribution in [3.63, 3.8) is 0 Å². The van der Waals surface area contributed by atoms with E-state index in [0.29, 0.717) is 10.8 Å². The van der Waals surface area contributed by atoms with Crippen molar-refractivity contribution in [3.05, 3.63) is 28.8 Å². The molecule has 0 aliphatic carbocycles. The molecule has 1 rings (SSSR count). The molecule has 0 saturated heterocycles. The van der Waals surface area contributed by atoms with Gasteiger partial charge < -0.3 is 10.5 Å². The van der Waals surface area contributed by atoms with Gasteiger partial charge in [0.05, 0.1) is 0 Å². The topological polar surface area (TPSA) is 52.3 Å². The minimum absolute atomic E-state index is 0.110. The smallest absolute Gasteiger partial charge is 0.255 e. The van der Waals surface area contributed by atoms with Gasteiger partial charge in [-0.15, -0.1) is 0 Å². The zero-order chi connectivity index (χ0) is 9.84. The fourth-order valence-electron chi connectivity index (χ4n) is 0.861. The molecule has 0 fully saturated rings. The van der Waals surface area contributed by atoms with Crippen LogP contribution in [0.5, 0.6) is 5.75 Å². The molecule has 3 nitrogen and oxygen atoms in total. The lowest BCUT2D eigenvalue weighted by Gasteiger charge is -2.04. The SMILES string of the molecule is Cc1cc(OCC(N)=O)ccc1Cl. The van der Waals surface area contributed by atoms with E-state index in [1.54, 1.807) is 18.2 Å². The van der Waals surface area contributed by atoms with Crippen LogP contribution in [0, 0.1) is 6.92 Å². The minimum Gasteiger partial charge on any atom is -0.484 e. The number of hydrogen-bond donors (Lipinski definition) is 1. The highest BCUT2D eigenvalue weighted by Crippen LogP contribution is 2.20. The minimum atomic E-state index is -0.493. The number of rotatable bonds is 3. The van der Waals surface area contributed by atoms with Gasteiger partial charge in [-0.25, -0.2) is 0 Å². The van der Waals surface area contributed by atoms with Crippen LogP contribution in [0.15, 0.2) is 18.2 Å². The van der Waals surface area contributed by atoms with Crippen LogP contribution in [0.25, 0.3) is 0 Å². The van der Waals surface area contributed by atoms with E-state index in [-0.39, 0.29) is 6.61 Å². The number of hydrogen-bond acceptors (Lipinski definition) is 2. The van der Waals surface area contributed by atoms with Gasteiger partial charge in [0.1, 0.15) is 5.75 Å². The summed E-state index contributed by atoms with van der Waals surface area (Å²) in [7, 11) is 0. The van der Waals surface area contributed by atoms with Crippen molar-refractivity contribution < 1.29 is 9.53 Å². The summed E-state index contributed by atoms with van der Waals surface area (Å²) >= 11 is 5.80. The molecule has 0 aromatic heterocycles. The quantitative estimate of drug-likeness (QED) is 0.803. The van der Waals surface area contributed by atoms with Crippen molar-refractivity contribution in [2.75, 3.05) is 6.61 Å². The Bertz CT molecular complexity index is 325. The number of aryl methyl sites for hydroxylation is 1. The zero-order valence-electron chi connectivity index (χ0n) is 7.21. The Hall–Kier alpha value is -1.22. The van der Waals surface area contributed by atoms with Crippen molar-refractivity contribution >= 4 is 17.5 Å². The second-order valence-electron chi connectivity index (χ2n) is 2.67. The van der Waals surface area contributed by atoms with Crippen molar-refractivity contribution in [3.8, 4) is 5.75 Å². The number of carbonyl (C=O) groups excluding carboxylic acids is 1.